The maximum Gasteiger partial charge on any atom is 0.219 e. The van der Waals surface area contributed by atoms with Crippen LogP contribution < -0.4 is 4.74 Å². The maximum atomic E-state index is 6.47. The number of aromatic nitrogens is 3. The van der Waals surface area contributed by atoms with E-state index >= 15 is 0 Å². The first-order chi connectivity index (χ1) is 28.2. The van der Waals surface area contributed by atoms with E-state index in [1.807, 2.05) is 24.3 Å². The highest BCUT2D eigenvalue weighted by Crippen LogP contribution is 2.43. The van der Waals surface area contributed by atoms with Crippen LogP contribution in [0.2, 0.25) is 0 Å². The Morgan fingerprint density at radius 2 is 1.00 bits per heavy atom. The van der Waals surface area contributed by atoms with Crippen LogP contribution >= 0.6 is 0 Å². The summed E-state index contributed by atoms with van der Waals surface area (Å²) in [6.45, 7) is 27.6. The van der Waals surface area contributed by atoms with Crippen LogP contribution in [0.3, 0.4) is 0 Å². The van der Waals surface area contributed by atoms with Crippen LogP contribution in [0.15, 0.2) is 134 Å². The van der Waals surface area contributed by atoms with Gasteiger partial charge in [-0.1, -0.05) is 144 Å². The lowest BCUT2D eigenvalue weighted by Gasteiger charge is -2.26. The highest BCUT2D eigenvalue weighted by atomic mass is 16.5. The molecule has 3 aromatic heterocycles. The Morgan fingerprint density at radius 1 is 0.433 bits per heavy atom. The standard InChI is InChI=1S/C56H59N3O/c1-53(2,3)40-21-22-48-45(32-40)46-33-43(56(10,11)12)34-47(52(46)59-48)50-30-38(37-25-41(54(4,5)6)31-42(26-37)55(7,8)9)29-49(58-50)39-24-36(35-18-14-13-15-19-35)27-44(28-39)60-51-20-16-17-23-57-51/h13-34,59H,1-12H3. The highest BCUT2D eigenvalue weighted by Gasteiger charge is 2.25. The van der Waals surface area contributed by atoms with Gasteiger partial charge in [0.25, 0.3) is 0 Å². The summed E-state index contributed by atoms with van der Waals surface area (Å²) < 4.78 is 6.47. The molecule has 0 amide bonds. The topological polar surface area (TPSA) is 50.8 Å². The van der Waals surface area contributed by atoms with Crippen molar-refractivity contribution in [3.05, 3.63) is 156 Å². The van der Waals surface area contributed by atoms with Crippen molar-refractivity contribution in [3.8, 4) is 56.4 Å². The zero-order chi connectivity index (χ0) is 42.8. The molecule has 0 saturated carbocycles. The quantitative estimate of drug-likeness (QED) is 0.183. The van der Waals surface area contributed by atoms with Crippen molar-refractivity contribution in [1.29, 1.82) is 0 Å². The van der Waals surface area contributed by atoms with Gasteiger partial charge in [0.2, 0.25) is 5.88 Å². The normalized spacial score (nSPS) is 12.7. The van der Waals surface area contributed by atoms with Crippen molar-refractivity contribution in [2.24, 2.45) is 0 Å². The summed E-state index contributed by atoms with van der Waals surface area (Å²) in [7, 11) is 0. The number of pyridine rings is 2. The number of nitrogens with zero attached hydrogens (tertiary/aromatic N) is 2. The lowest BCUT2D eigenvalue weighted by Crippen LogP contribution is -2.16. The second kappa shape index (κ2) is 14.9. The van der Waals surface area contributed by atoms with Crippen molar-refractivity contribution in [2.75, 3.05) is 0 Å². The second-order valence-electron chi connectivity index (χ2n) is 20.6. The van der Waals surface area contributed by atoms with Crippen molar-refractivity contribution in [1.82, 2.24) is 15.0 Å². The van der Waals surface area contributed by atoms with Crippen molar-refractivity contribution < 1.29 is 4.74 Å². The van der Waals surface area contributed by atoms with Gasteiger partial charge in [0.05, 0.1) is 16.9 Å². The van der Waals surface area contributed by atoms with Crippen molar-refractivity contribution in [3.63, 3.8) is 0 Å². The molecule has 4 nitrogen and oxygen atoms in total. The zero-order valence-corrected chi connectivity index (χ0v) is 37.5. The lowest BCUT2D eigenvalue weighted by molar-refractivity contribution is 0.463. The molecule has 4 heteroatoms. The summed E-state index contributed by atoms with van der Waals surface area (Å²) >= 11 is 0. The maximum absolute atomic E-state index is 6.47. The van der Waals surface area contributed by atoms with Gasteiger partial charge in [0.15, 0.2) is 0 Å². The fourth-order valence-corrected chi connectivity index (χ4v) is 7.88. The minimum Gasteiger partial charge on any atom is -0.439 e. The Bertz CT molecular complexity index is 2820. The summed E-state index contributed by atoms with van der Waals surface area (Å²) in [5, 5.41) is 2.45. The van der Waals surface area contributed by atoms with Crippen molar-refractivity contribution >= 4 is 21.8 Å². The van der Waals surface area contributed by atoms with Crippen molar-refractivity contribution in [2.45, 2.75) is 105 Å². The van der Waals surface area contributed by atoms with E-state index in [0.717, 1.165) is 50.2 Å². The number of fused-ring (bicyclic) bond motifs is 3. The van der Waals surface area contributed by atoms with Crippen LogP contribution in [-0.2, 0) is 21.7 Å². The molecule has 5 aromatic carbocycles. The molecule has 304 valence electrons. The molecule has 1 N–H and O–H groups in total. The average molecular weight is 790 g/mol. The van der Waals surface area contributed by atoms with Crippen LogP contribution in [0, 0.1) is 0 Å². The Labute approximate surface area is 357 Å². The van der Waals surface area contributed by atoms with Gasteiger partial charge < -0.3 is 9.72 Å². The van der Waals surface area contributed by atoms with Gasteiger partial charge in [0, 0.05) is 39.7 Å². The van der Waals surface area contributed by atoms with Gasteiger partial charge in [-0.05, 0) is 127 Å². The van der Waals surface area contributed by atoms with E-state index in [1.54, 1.807) is 6.20 Å². The molecule has 8 aromatic rings. The summed E-state index contributed by atoms with van der Waals surface area (Å²) in [4.78, 5) is 14.0. The first kappa shape index (κ1) is 40.8. The third-order valence-electron chi connectivity index (χ3n) is 11.7. The fourth-order valence-electron chi connectivity index (χ4n) is 7.88. The molecule has 0 aliphatic carbocycles. The van der Waals surface area contributed by atoms with E-state index in [4.69, 9.17) is 9.72 Å². The number of aromatic amines is 1. The molecule has 60 heavy (non-hydrogen) atoms. The van der Waals surface area contributed by atoms with Crippen LogP contribution in [0.25, 0.3) is 66.6 Å². The number of H-pyrrole nitrogens is 1. The largest absolute Gasteiger partial charge is 0.439 e. The summed E-state index contributed by atoms with van der Waals surface area (Å²) in [6.07, 6.45) is 1.76. The SMILES string of the molecule is CC(C)(C)c1cc(-c2cc(-c3cc(Oc4ccccn4)cc(-c4ccccc4)c3)nc(-c3cc(C(C)(C)C)cc4c3[nH]c3ccc(C(C)(C)C)cc34)c2)cc(C(C)(C)C)c1. The fraction of sp³-hybridized carbons (Fsp3) is 0.286. The molecule has 0 saturated heterocycles. The first-order valence-corrected chi connectivity index (χ1v) is 21.3. The zero-order valence-electron chi connectivity index (χ0n) is 37.5. The molecule has 0 spiro atoms. The number of hydrogen-bond donors (Lipinski definition) is 1. The number of hydrogen-bond acceptors (Lipinski definition) is 3. The van der Waals surface area contributed by atoms with E-state index in [9.17, 15) is 0 Å². The minimum atomic E-state index is -0.0982. The molecule has 0 bridgehead atoms. The molecule has 0 atom stereocenters. The first-order valence-electron chi connectivity index (χ1n) is 21.3. The molecule has 0 radical (unpaired) electrons. The van der Waals surface area contributed by atoms with Gasteiger partial charge in [-0.2, -0.15) is 0 Å². The number of nitrogens with one attached hydrogen (secondary N) is 1. The number of rotatable bonds is 6. The molecular formula is C56H59N3O. The Kier molecular flexibility index (Phi) is 10.1. The number of ether oxygens (including phenoxy) is 1. The third kappa shape index (κ3) is 8.39. The highest BCUT2D eigenvalue weighted by molar-refractivity contribution is 6.12. The Morgan fingerprint density at radius 3 is 1.63 bits per heavy atom. The molecule has 3 heterocycles. The predicted molar refractivity (Wildman–Crippen MR) is 254 cm³/mol. The van der Waals surface area contributed by atoms with Gasteiger partial charge in [-0.25, -0.2) is 9.97 Å². The molecule has 0 unspecified atom stereocenters. The molecule has 0 aliphatic rings. The lowest BCUT2D eigenvalue weighted by atomic mass is 9.79. The number of benzene rings is 5. The van der Waals surface area contributed by atoms with E-state index in [-0.39, 0.29) is 21.7 Å². The smallest absolute Gasteiger partial charge is 0.219 e. The molecule has 0 aliphatic heterocycles. The van der Waals surface area contributed by atoms with E-state index < -0.39 is 0 Å². The second-order valence-corrected chi connectivity index (χ2v) is 20.6. The van der Waals surface area contributed by atoms with Gasteiger partial charge >= 0.3 is 0 Å². The Hall–Kier alpha value is -6.00. The molecule has 0 fully saturated rings. The predicted octanol–water partition coefficient (Wildman–Crippen LogP) is 15.8. The summed E-state index contributed by atoms with van der Waals surface area (Å²) in [6, 6.07) is 46.0. The Balaban J connectivity index is 1.45. The molecule has 8 rings (SSSR count). The minimum absolute atomic E-state index is 0.0218. The summed E-state index contributed by atoms with van der Waals surface area (Å²) in [5.41, 5.74) is 15.5. The van der Waals surface area contributed by atoms with Gasteiger partial charge in [-0.3, -0.25) is 0 Å². The van der Waals surface area contributed by atoms with Gasteiger partial charge in [0.1, 0.15) is 5.75 Å². The monoisotopic (exact) mass is 789 g/mol. The third-order valence-corrected chi connectivity index (χ3v) is 11.7. The van der Waals surface area contributed by atoms with Crippen LogP contribution in [-0.4, -0.2) is 15.0 Å². The van der Waals surface area contributed by atoms with Crippen LogP contribution in [0.4, 0.5) is 0 Å². The summed E-state index contributed by atoms with van der Waals surface area (Å²) in [5.74, 6) is 1.24. The van der Waals surface area contributed by atoms with Crippen LogP contribution in [0.1, 0.15) is 105 Å². The average Bonchev–Trinajstić information content (AvgIpc) is 3.57. The molecular weight excluding hydrogens is 731 g/mol. The van der Waals surface area contributed by atoms with E-state index in [1.165, 1.54) is 38.6 Å². The van der Waals surface area contributed by atoms with E-state index in [2.05, 4.69) is 196 Å². The van der Waals surface area contributed by atoms with Gasteiger partial charge in [-0.15, -0.1) is 0 Å². The van der Waals surface area contributed by atoms with E-state index in [0.29, 0.717) is 11.6 Å². The van der Waals surface area contributed by atoms with Crippen LogP contribution in [0.5, 0.6) is 11.6 Å².